The molecule has 34 heavy (non-hydrogen) atoms. The monoisotopic (exact) mass is 483 g/mol. The number of amides is 1. The molecule has 0 aromatic heterocycles. The highest BCUT2D eigenvalue weighted by molar-refractivity contribution is 5.96. The van der Waals surface area contributed by atoms with E-state index >= 15 is 0 Å². The quantitative estimate of drug-likeness (QED) is 0.126. The second-order valence-corrected chi connectivity index (χ2v) is 8.96. The number of nitrogens with zero attached hydrogens (tertiary/aromatic N) is 1. The van der Waals surface area contributed by atoms with E-state index in [1.54, 1.807) is 0 Å². The van der Waals surface area contributed by atoms with Crippen LogP contribution in [0.1, 0.15) is 116 Å². The van der Waals surface area contributed by atoms with Crippen LogP contribution in [-0.4, -0.2) is 56.6 Å². The molecule has 0 saturated heterocycles. The van der Waals surface area contributed by atoms with Crippen molar-refractivity contribution in [2.24, 2.45) is 0 Å². The summed E-state index contributed by atoms with van der Waals surface area (Å²) in [5.74, 6) is -4.90. The highest BCUT2D eigenvalue weighted by atomic mass is 16.4. The van der Waals surface area contributed by atoms with Crippen LogP contribution in [0.3, 0.4) is 0 Å². The van der Waals surface area contributed by atoms with Gasteiger partial charge in [-0.1, -0.05) is 103 Å². The van der Waals surface area contributed by atoms with Crippen molar-refractivity contribution in [1.82, 2.24) is 4.90 Å². The SMILES string of the molecule is CCCCCCCCCCCCCCCCCCN(C(=O)/C=C/C(=O)O)[C@@H](CC(=O)O)C(=O)O. The van der Waals surface area contributed by atoms with E-state index in [9.17, 15) is 24.3 Å². The summed E-state index contributed by atoms with van der Waals surface area (Å²) in [6, 6.07) is -1.53. The average Bonchev–Trinajstić information content (AvgIpc) is 2.78. The molecule has 3 N–H and O–H groups in total. The van der Waals surface area contributed by atoms with Crippen LogP contribution in [0.4, 0.5) is 0 Å². The molecule has 8 heteroatoms. The van der Waals surface area contributed by atoms with E-state index in [4.69, 9.17) is 10.2 Å². The smallest absolute Gasteiger partial charge is 0.328 e. The largest absolute Gasteiger partial charge is 0.481 e. The van der Waals surface area contributed by atoms with Gasteiger partial charge < -0.3 is 20.2 Å². The third-order valence-electron chi connectivity index (χ3n) is 5.93. The number of unbranched alkanes of at least 4 members (excludes halogenated alkanes) is 15. The van der Waals surface area contributed by atoms with Crippen LogP contribution in [-0.2, 0) is 19.2 Å². The zero-order chi connectivity index (χ0) is 25.6. The van der Waals surface area contributed by atoms with E-state index < -0.39 is 36.3 Å². The molecule has 1 amide bonds. The van der Waals surface area contributed by atoms with Crippen molar-refractivity contribution in [2.75, 3.05) is 6.54 Å². The van der Waals surface area contributed by atoms with E-state index in [1.807, 2.05) is 0 Å². The minimum atomic E-state index is -1.53. The van der Waals surface area contributed by atoms with Gasteiger partial charge in [-0.15, -0.1) is 0 Å². The molecule has 0 fully saturated rings. The predicted octanol–water partition coefficient (Wildman–Crippen LogP) is 5.65. The maximum atomic E-state index is 12.3. The second-order valence-electron chi connectivity index (χ2n) is 8.96. The van der Waals surface area contributed by atoms with Crippen molar-refractivity contribution in [1.29, 1.82) is 0 Å². The van der Waals surface area contributed by atoms with Crippen molar-refractivity contribution in [3.63, 3.8) is 0 Å². The lowest BCUT2D eigenvalue weighted by molar-refractivity contribution is -0.153. The van der Waals surface area contributed by atoms with Crippen LogP contribution in [0.2, 0.25) is 0 Å². The number of aliphatic carboxylic acids is 3. The van der Waals surface area contributed by atoms with Gasteiger partial charge in [0.15, 0.2) is 0 Å². The molecule has 0 saturated carbocycles. The minimum Gasteiger partial charge on any atom is -0.481 e. The number of hydrogen-bond donors (Lipinski definition) is 3. The summed E-state index contributed by atoms with van der Waals surface area (Å²) in [5, 5.41) is 27.0. The zero-order valence-electron chi connectivity index (χ0n) is 20.9. The van der Waals surface area contributed by atoms with Gasteiger partial charge in [0.05, 0.1) is 6.42 Å². The standard InChI is InChI=1S/C26H45NO7/c1-2-3-4-5-6-7-8-9-10-11-12-13-14-15-16-17-20-27(23(28)18-19-24(29)30)22(26(33)34)21-25(31)32/h18-19,22H,2-17,20-21H2,1H3,(H,29,30)(H,31,32)(H,33,34)/b19-18+/t22-/m0/s1. The normalized spacial score (nSPS) is 12.0. The highest BCUT2D eigenvalue weighted by Gasteiger charge is 2.30. The summed E-state index contributed by atoms with van der Waals surface area (Å²) in [5.41, 5.74) is 0. The van der Waals surface area contributed by atoms with Gasteiger partial charge in [0, 0.05) is 18.7 Å². The third-order valence-corrected chi connectivity index (χ3v) is 5.93. The molecule has 0 unspecified atom stereocenters. The van der Waals surface area contributed by atoms with Gasteiger partial charge >= 0.3 is 17.9 Å². The van der Waals surface area contributed by atoms with Gasteiger partial charge in [-0.2, -0.15) is 0 Å². The fourth-order valence-electron chi connectivity index (χ4n) is 3.98. The molecule has 0 heterocycles. The number of carboxylic acid groups (broad SMARTS) is 3. The predicted molar refractivity (Wildman–Crippen MR) is 132 cm³/mol. The highest BCUT2D eigenvalue weighted by Crippen LogP contribution is 2.15. The Hall–Kier alpha value is -2.38. The van der Waals surface area contributed by atoms with Crippen LogP contribution in [0.5, 0.6) is 0 Å². The lowest BCUT2D eigenvalue weighted by Gasteiger charge is -2.27. The molecule has 0 aromatic rings. The summed E-state index contributed by atoms with van der Waals surface area (Å²) in [6.07, 6.45) is 19.7. The van der Waals surface area contributed by atoms with Crippen molar-refractivity contribution < 1.29 is 34.5 Å². The van der Waals surface area contributed by atoms with E-state index in [0.717, 1.165) is 36.7 Å². The first-order valence-corrected chi connectivity index (χ1v) is 13.0. The van der Waals surface area contributed by atoms with Crippen molar-refractivity contribution in [3.8, 4) is 0 Å². The van der Waals surface area contributed by atoms with Gasteiger partial charge in [-0.3, -0.25) is 9.59 Å². The first-order chi connectivity index (χ1) is 16.3. The summed E-state index contributed by atoms with van der Waals surface area (Å²) >= 11 is 0. The lowest BCUT2D eigenvalue weighted by Crippen LogP contribution is -2.46. The summed E-state index contributed by atoms with van der Waals surface area (Å²) < 4.78 is 0. The number of rotatable bonds is 23. The van der Waals surface area contributed by atoms with E-state index in [-0.39, 0.29) is 6.54 Å². The maximum absolute atomic E-state index is 12.3. The number of hydrogen-bond acceptors (Lipinski definition) is 4. The average molecular weight is 484 g/mol. The Bertz CT molecular complexity index is 618. The molecule has 0 rings (SSSR count). The van der Waals surface area contributed by atoms with E-state index in [1.165, 1.54) is 70.6 Å². The van der Waals surface area contributed by atoms with Crippen molar-refractivity contribution in [2.45, 2.75) is 122 Å². The molecule has 0 bridgehead atoms. The Morgan fingerprint density at radius 3 is 1.41 bits per heavy atom. The third kappa shape index (κ3) is 18.1. The molecule has 0 spiro atoms. The molecule has 0 aliphatic carbocycles. The fourth-order valence-corrected chi connectivity index (χ4v) is 3.98. The maximum Gasteiger partial charge on any atom is 0.328 e. The van der Waals surface area contributed by atoms with Crippen LogP contribution in [0.25, 0.3) is 0 Å². The minimum absolute atomic E-state index is 0.0749. The van der Waals surface area contributed by atoms with Gasteiger partial charge in [0.25, 0.3) is 0 Å². The molecule has 0 aliphatic rings. The van der Waals surface area contributed by atoms with E-state index in [2.05, 4.69) is 6.92 Å². The summed E-state index contributed by atoms with van der Waals surface area (Å²) in [7, 11) is 0. The first kappa shape index (κ1) is 31.6. The van der Waals surface area contributed by atoms with Gasteiger partial charge in [-0.25, -0.2) is 9.59 Å². The molecule has 196 valence electrons. The Morgan fingerprint density at radius 1 is 0.647 bits per heavy atom. The summed E-state index contributed by atoms with van der Waals surface area (Å²) in [4.78, 5) is 46.4. The molecule has 0 aliphatic heterocycles. The number of carbonyl (C=O) groups excluding carboxylic acids is 1. The Labute approximate surface area is 204 Å². The van der Waals surface area contributed by atoms with Gasteiger partial charge in [-0.05, 0) is 6.42 Å². The van der Waals surface area contributed by atoms with Crippen LogP contribution >= 0.6 is 0 Å². The van der Waals surface area contributed by atoms with E-state index in [0.29, 0.717) is 12.5 Å². The van der Waals surface area contributed by atoms with Gasteiger partial charge in [0.1, 0.15) is 6.04 Å². The van der Waals surface area contributed by atoms with Crippen LogP contribution in [0, 0.1) is 0 Å². The Kier molecular flexibility index (Phi) is 19.7. The number of carboxylic acids is 3. The molecule has 8 nitrogen and oxygen atoms in total. The molecular weight excluding hydrogens is 438 g/mol. The molecular formula is C26H45NO7. The molecule has 0 aromatic carbocycles. The summed E-state index contributed by atoms with van der Waals surface area (Å²) in [6.45, 7) is 2.31. The zero-order valence-corrected chi connectivity index (χ0v) is 20.9. The Morgan fingerprint density at radius 2 is 1.06 bits per heavy atom. The number of carbonyl (C=O) groups is 4. The fraction of sp³-hybridized carbons (Fsp3) is 0.769. The van der Waals surface area contributed by atoms with Crippen molar-refractivity contribution in [3.05, 3.63) is 12.2 Å². The van der Waals surface area contributed by atoms with Crippen LogP contribution in [0.15, 0.2) is 12.2 Å². The molecule has 0 radical (unpaired) electrons. The van der Waals surface area contributed by atoms with Crippen molar-refractivity contribution >= 4 is 23.8 Å². The second kappa shape index (κ2) is 21.2. The first-order valence-electron chi connectivity index (χ1n) is 13.0. The van der Waals surface area contributed by atoms with Gasteiger partial charge in [0.2, 0.25) is 5.91 Å². The lowest BCUT2D eigenvalue weighted by atomic mass is 10.0. The topological polar surface area (TPSA) is 132 Å². The molecule has 1 atom stereocenters. The Balaban J connectivity index is 4.08. The van der Waals surface area contributed by atoms with Crippen LogP contribution < -0.4 is 0 Å².